The van der Waals surface area contributed by atoms with Crippen molar-refractivity contribution in [2.75, 3.05) is 18.0 Å². The third-order valence-electron chi connectivity index (χ3n) is 3.22. The Hall–Kier alpha value is -1.29. The van der Waals surface area contributed by atoms with Crippen LogP contribution in [0.4, 0.5) is 5.82 Å². The van der Waals surface area contributed by atoms with Gasteiger partial charge in [0, 0.05) is 19.3 Å². The van der Waals surface area contributed by atoms with Crippen molar-refractivity contribution in [3.63, 3.8) is 0 Å². The van der Waals surface area contributed by atoms with Crippen LogP contribution < -0.4 is 4.90 Å². The van der Waals surface area contributed by atoms with Crippen molar-refractivity contribution >= 4 is 23.4 Å². The van der Waals surface area contributed by atoms with Gasteiger partial charge in [-0.2, -0.15) is 0 Å². The number of aromatic carboxylic acids is 1. The van der Waals surface area contributed by atoms with Crippen molar-refractivity contribution in [1.82, 2.24) is 4.98 Å². The molecule has 0 radical (unpaired) electrons. The summed E-state index contributed by atoms with van der Waals surface area (Å²) < 4.78 is 0. The van der Waals surface area contributed by atoms with E-state index < -0.39 is 5.97 Å². The summed E-state index contributed by atoms with van der Waals surface area (Å²) in [6, 6.07) is 1.48. The first kappa shape index (κ1) is 13.1. The lowest BCUT2D eigenvalue weighted by atomic mass is 10.1. The first-order valence-electron chi connectivity index (χ1n) is 6.32. The summed E-state index contributed by atoms with van der Waals surface area (Å²) >= 11 is 6.13. The zero-order chi connectivity index (χ0) is 13.0. The van der Waals surface area contributed by atoms with Crippen molar-refractivity contribution in [2.24, 2.45) is 0 Å². The molecule has 2 rings (SSSR count). The Labute approximate surface area is 112 Å². The minimum Gasteiger partial charge on any atom is -0.478 e. The second-order valence-electron chi connectivity index (χ2n) is 4.59. The molecule has 1 aliphatic rings. The molecule has 1 saturated heterocycles. The van der Waals surface area contributed by atoms with Gasteiger partial charge in [-0.15, -0.1) is 0 Å². The molecule has 0 aliphatic carbocycles. The van der Waals surface area contributed by atoms with Crippen LogP contribution >= 0.6 is 11.6 Å². The van der Waals surface area contributed by atoms with Crippen LogP contribution in [-0.2, 0) is 0 Å². The van der Waals surface area contributed by atoms with E-state index in [1.807, 2.05) is 0 Å². The Morgan fingerprint density at radius 3 is 2.39 bits per heavy atom. The second-order valence-corrected chi connectivity index (χ2v) is 5.00. The van der Waals surface area contributed by atoms with E-state index in [2.05, 4.69) is 9.88 Å². The van der Waals surface area contributed by atoms with Gasteiger partial charge in [-0.05, 0) is 18.9 Å². The fourth-order valence-electron chi connectivity index (χ4n) is 2.24. The quantitative estimate of drug-likeness (QED) is 0.895. The highest BCUT2D eigenvalue weighted by molar-refractivity contribution is 6.33. The number of carbonyl (C=O) groups is 1. The molecule has 0 saturated carbocycles. The van der Waals surface area contributed by atoms with Gasteiger partial charge in [0.2, 0.25) is 0 Å². The summed E-state index contributed by atoms with van der Waals surface area (Å²) in [7, 11) is 0. The molecule has 0 atom stereocenters. The van der Waals surface area contributed by atoms with Crippen LogP contribution in [0.25, 0.3) is 0 Å². The number of nitrogens with zero attached hydrogens (tertiary/aromatic N) is 2. The van der Waals surface area contributed by atoms with Crippen LogP contribution in [0.2, 0.25) is 5.02 Å². The average molecular weight is 269 g/mol. The van der Waals surface area contributed by atoms with E-state index in [1.165, 1.54) is 31.5 Å². The van der Waals surface area contributed by atoms with Crippen LogP contribution in [0, 0.1) is 0 Å². The van der Waals surface area contributed by atoms with Gasteiger partial charge in [0.1, 0.15) is 5.82 Å². The predicted octanol–water partition coefficient (Wildman–Crippen LogP) is 3.20. The molecule has 0 bridgehead atoms. The first-order valence-corrected chi connectivity index (χ1v) is 6.70. The Morgan fingerprint density at radius 1 is 1.22 bits per heavy atom. The van der Waals surface area contributed by atoms with Gasteiger partial charge in [-0.25, -0.2) is 9.78 Å². The molecular formula is C13H17ClN2O2. The molecule has 1 aliphatic heterocycles. The number of rotatable bonds is 2. The summed E-state index contributed by atoms with van der Waals surface area (Å²) in [5.74, 6) is -0.285. The molecule has 1 aromatic heterocycles. The van der Waals surface area contributed by atoms with Crippen molar-refractivity contribution in [1.29, 1.82) is 0 Å². The van der Waals surface area contributed by atoms with E-state index in [0.717, 1.165) is 25.9 Å². The van der Waals surface area contributed by atoms with Crippen molar-refractivity contribution in [2.45, 2.75) is 32.1 Å². The van der Waals surface area contributed by atoms with E-state index in [0.29, 0.717) is 10.8 Å². The first-order chi connectivity index (χ1) is 8.68. The van der Waals surface area contributed by atoms with Gasteiger partial charge in [-0.3, -0.25) is 0 Å². The molecule has 5 heteroatoms. The van der Waals surface area contributed by atoms with Crippen LogP contribution in [0.5, 0.6) is 0 Å². The molecular weight excluding hydrogens is 252 g/mol. The van der Waals surface area contributed by atoms with E-state index >= 15 is 0 Å². The van der Waals surface area contributed by atoms with E-state index in [-0.39, 0.29) is 5.56 Å². The normalized spacial score (nSPS) is 17.1. The van der Waals surface area contributed by atoms with Crippen molar-refractivity contribution < 1.29 is 9.90 Å². The zero-order valence-corrected chi connectivity index (χ0v) is 11.0. The number of aromatic nitrogens is 1. The number of hydrogen-bond donors (Lipinski definition) is 1. The Bertz CT molecular complexity index is 429. The summed E-state index contributed by atoms with van der Waals surface area (Å²) in [5, 5.41) is 9.31. The zero-order valence-electron chi connectivity index (χ0n) is 10.2. The molecule has 2 heterocycles. The van der Waals surface area contributed by atoms with Crippen LogP contribution in [-0.4, -0.2) is 29.1 Å². The molecule has 18 heavy (non-hydrogen) atoms. The van der Waals surface area contributed by atoms with Crippen LogP contribution in [0.15, 0.2) is 12.3 Å². The number of anilines is 1. The molecule has 1 aromatic rings. The molecule has 0 aromatic carbocycles. The summed E-state index contributed by atoms with van der Waals surface area (Å²) in [6.07, 6.45) is 7.43. The molecule has 1 fully saturated rings. The monoisotopic (exact) mass is 268 g/mol. The van der Waals surface area contributed by atoms with E-state index in [1.54, 1.807) is 0 Å². The topological polar surface area (TPSA) is 53.4 Å². The largest absolute Gasteiger partial charge is 0.478 e. The minimum absolute atomic E-state index is 0.135. The number of carboxylic acids is 1. The van der Waals surface area contributed by atoms with Crippen LogP contribution in [0.1, 0.15) is 42.5 Å². The number of pyridine rings is 1. The van der Waals surface area contributed by atoms with Gasteiger partial charge < -0.3 is 10.0 Å². The highest BCUT2D eigenvalue weighted by Crippen LogP contribution is 2.26. The average Bonchev–Trinajstić information content (AvgIpc) is 2.29. The summed E-state index contributed by atoms with van der Waals surface area (Å²) in [4.78, 5) is 17.2. The predicted molar refractivity (Wildman–Crippen MR) is 71.5 cm³/mol. The molecule has 1 N–H and O–H groups in total. The smallest absolute Gasteiger partial charge is 0.337 e. The second kappa shape index (κ2) is 6.05. The highest BCUT2D eigenvalue weighted by Gasteiger charge is 2.15. The fraction of sp³-hybridized carbons (Fsp3) is 0.538. The molecule has 0 amide bonds. The fourth-order valence-corrected chi connectivity index (χ4v) is 2.53. The minimum atomic E-state index is -0.997. The van der Waals surface area contributed by atoms with Gasteiger partial charge in [0.15, 0.2) is 0 Å². The SMILES string of the molecule is O=C(O)c1cnc(N2CCCCCCC2)c(Cl)c1. The third kappa shape index (κ3) is 3.13. The van der Waals surface area contributed by atoms with Gasteiger partial charge >= 0.3 is 5.97 Å². The maximum atomic E-state index is 10.8. The van der Waals surface area contributed by atoms with Crippen molar-refractivity contribution in [3.05, 3.63) is 22.8 Å². The van der Waals surface area contributed by atoms with Gasteiger partial charge in [-0.1, -0.05) is 30.9 Å². The van der Waals surface area contributed by atoms with Crippen molar-refractivity contribution in [3.8, 4) is 0 Å². The molecule has 0 unspecified atom stereocenters. The number of hydrogen-bond acceptors (Lipinski definition) is 3. The maximum Gasteiger partial charge on any atom is 0.337 e. The van der Waals surface area contributed by atoms with Crippen LogP contribution in [0.3, 0.4) is 0 Å². The standard InChI is InChI=1S/C13H17ClN2O2/c14-11-8-10(13(17)18)9-15-12(11)16-6-4-2-1-3-5-7-16/h8-9H,1-7H2,(H,17,18). The Morgan fingerprint density at radius 2 is 1.83 bits per heavy atom. The maximum absolute atomic E-state index is 10.8. The molecule has 98 valence electrons. The number of halogens is 1. The molecule has 4 nitrogen and oxygen atoms in total. The Kier molecular flexibility index (Phi) is 4.42. The van der Waals surface area contributed by atoms with E-state index in [4.69, 9.17) is 16.7 Å². The number of carboxylic acid groups (broad SMARTS) is 1. The summed E-state index contributed by atoms with van der Waals surface area (Å²) in [5.41, 5.74) is 0.135. The lowest BCUT2D eigenvalue weighted by molar-refractivity contribution is 0.0696. The molecule has 0 spiro atoms. The van der Waals surface area contributed by atoms with Gasteiger partial charge in [0.25, 0.3) is 0 Å². The lowest BCUT2D eigenvalue weighted by Gasteiger charge is -2.26. The third-order valence-corrected chi connectivity index (χ3v) is 3.50. The van der Waals surface area contributed by atoms with E-state index in [9.17, 15) is 4.79 Å². The highest BCUT2D eigenvalue weighted by atomic mass is 35.5. The summed E-state index contributed by atoms with van der Waals surface area (Å²) in [6.45, 7) is 1.89. The Balaban J connectivity index is 2.18. The lowest BCUT2D eigenvalue weighted by Crippen LogP contribution is -2.28. The van der Waals surface area contributed by atoms with Gasteiger partial charge in [0.05, 0.1) is 10.6 Å².